The van der Waals surface area contributed by atoms with Crippen LogP contribution in [0.15, 0.2) is 0 Å². The van der Waals surface area contributed by atoms with Crippen LogP contribution in [0.2, 0.25) is 0 Å². The van der Waals surface area contributed by atoms with Crippen LogP contribution in [0, 0.1) is 5.41 Å². The van der Waals surface area contributed by atoms with Gasteiger partial charge in [0, 0.05) is 7.05 Å². The third kappa shape index (κ3) is 0.515. The van der Waals surface area contributed by atoms with Gasteiger partial charge in [-0.05, 0) is 13.8 Å². The Morgan fingerprint density at radius 1 is 1.22 bits per heavy atom. The van der Waals surface area contributed by atoms with Crippen molar-refractivity contribution in [3.05, 3.63) is 0 Å². The highest BCUT2D eigenvalue weighted by Gasteiger charge is 2.51. The van der Waals surface area contributed by atoms with Gasteiger partial charge in [0.25, 0.3) is 0 Å². The molecule has 0 radical (unpaired) electrons. The Morgan fingerprint density at radius 3 is 1.67 bits per heavy atom. The van der Waals surface area contributed by atoms with Crippen LogP contribution in [0.5, 0.6) is 0 Å². The lowest BCUT2D eigenvalue weighted by molar-refractivity contribution is -0.171. The normalized spacial score (nSPS) is 24.1. The maximum atomic E-state index is 10.8. The van der Waals surface area contributed by atoms with E-state index in [0.29, 0.717) is 0 Å². The zero-order valence-electron chi connectivity index (χ0n) is 5.76. The summed E-state index contributed by atoms with van der Waals surface area (Å²) in [4.78, 5) is 22.7. The van der Waals surface area contributed by atoms with E-state index in [1.807, 2.05) is 0 Å². The molecule has 1 heterocycles. The van der Waals surface area contributed by atoms with E-state index in [9.17, 15) is 9.59 Å². The van der Waals surface area contributed by atoms with Crippen molar-refractivity contribution in [2.45, 2.75) is 13.8 Å². The van der Waals surface area contributed by atoms with E-state index < -0.39 is 5.41 Å². The highest BCUT2D eigenvalue weighted by molar-refractivity contribution is 6.20. The number of likely N-dealkylation sites (tertiary alicyclic amines) is 1. The SMILES string of the molecule is CN1C(=O)C(C)(C)C1=O. The number of hydrogen-bond acceptors (Lipinski definition) is 2. The summed E-state index contributed by atoms with van der Waals surface area (Å²) in [5.41, 5.74) is -0.741. The minimum atomic E-state index is -0.741. The fraction of sp³-hybridized carbons (Fsp3) is 0.667. The van der Waals surface area contributed by atoms with Gasteiger partial charge in [0.2, 0.25) is 11.8 Å². The molecule has 1 rings (SSSR count). The Kier molecular flexibility index (Phi) is 0.937. The van der Waals surface area contributed by atoms with Gasteiger partial charge in [-0.2, -0.15) is 0 Å². The van der Waals surface area contributed by atoms with E-state index >= 15 is 0 Å². The third-order valence-corrected chi connectivity index (χ3v) is 1.68. The monoisotopic (exact) mass is 127 g/mol. The molecule has 0 aliphatic carbocycles. The fourth-order valence-electron chi connectivity index (χ4n) is 0.969. The Labute approximate surface area is 53.6 Å². The number of amides is 2. The average Bonchev–Trinajstić information content (AvgIpc) is 1.84. The second-order valence-electron chi connectivity index (χ2n) is 2.79. The average molecular weight is 127 g/mol. The van der Waals surface area contributed by atoms with Gasteiger partial charge in [0.15, 0.2) is 0 Å². The van der Waals surface area contributed by atoms with Crippen molar-refractivity contribution >= 4 is 11.8 Å². The van der Waals surface area contributed by atoms with Crippen molar-refractivity contribution < 1.29 is 9.59 Å². The van der Waals surface area contributed by atoms with E-state index in [1.54, 1.807) is 13.8 Å². The highest BCUT2D eigenvalue weighted by atomic mass is 16.2. The second-order valence-corrected chi connectivity index (χ2v) is 2.79. The van der Waals surface area contributed by atoms with Gasteiger partial charge in [0.1, 0.15) is 5.41 Å². The molecule has 0 unspecified atom stereocenters. The van der Waals surface area contributed by atoms with Crippen molar-refractivity contribution in [2.24, 2.45) is 5.41 Å². The Balaban J connectivity index is 2.86. The minimum absolute atomic E-state index is 0.0903. The van der Waals surface area contributed by atoms with E-state index in [0.717, 1.165) is 4.90 Å². The van der Waals surface area contributed by atoms with Gasteiger partial charge >= 0.3 is 0 Å². The minimum Gasteiger partial charge on any atom is -0.284 e. The predicted molar refractivity (Wildman–Crippen MR) is 31.6 cm³/mol. The van der Waals surface area contributed by atoms with Gasteiger partial charge in [-0.1, -0.05) is 0 Å². The molecule has 1 saturated heterocycles. The first-order chi connectivity index (χ1) is 3.98. The lowest BCUT2D eigenvalue weighted by atomic mass is 9.82. The molecule has 0 atom stereocenters. The van der Waals surface area contributed by atoms with Crippen molar-refractivity contribution in [1.29, 1.82) is 0 Å². The van der Waals surface area contributed by atoms with E-state index in [4.69, 9.17) is 0 Å². The summed E-state index contributed by atoms with van der Waals surface area (Å²) in [5, 5.41) is 0. The molecule has 1 fully saturated rings. The molecule has 3 nitrogen and oxygen atoms in total. The molecule has 0 aromatic rings. The van der Waals surface area contributed by atoms with Gasteiger partial charge in [0.05, 0.1) is 0 Å². The number of hydrogen-bond donors (Lipinski definition) is 0. The molecule has 9 heavy (non-hydrogen) atoms. The maximum Gasteiger partial charge on any atom is 0.244 e. The lowest BCUT2D eigenvalue weighted by Gasteiger charge is -2.38. The first-order valence-corrected chi connectivity index (χ1v) is 2.80. The summed E-state index contributed by atoms with van der Waals surface area (Å²) in [6, 6.07) is 0. The molecule has 1 aliphatic rings. The quantitative estimate of drug-likeness (QED) is 0.339. The number of β-lactam (4-membered cyclic amide) rings is 2. The summed E-state index contributed by atoms with van der Waals surface area (Å²) in [6.45, 7) is 3.27. The van der Waals surface area contributed by atoms with Crippen LogP contribution in [0.1, 0.15) is 13.8 Å². The number of rotatable bonds is 0. The van der Waals surface area contributed by atoms with E-state index in [2.05, 4.69) is 0 Å². The maximum absolute atomic E-state index is 10.8. The van der Waals surface area contributed by atoms with E-state index in [1.165, 1.54) is 7.05 Å². The lowest BCUT2D eigenvalue weighted by Crippen LogP contribution is -2.61. The zero-order chi connectivity index (χ0) is 7.23. The molecule has 1 aliphatic heterocycles. The Hall–Kier alpha value is -0.860. The van der Waals surface area contributed by atoms with Crippen molar-refractivity contribution in [2.75, 3.05) is 7.05 Å². The highest BCUT2D eigenvalue weighted by Crippen LogP contribution is 2.30. The van der Waals surface area contributed by atoms with Crippen LogP contribution >= 0.6 is 0 Å². The van der Waals surface area contributed by atoms with Crippen molar-refractivity contribution in [1.82, 2.24) is 4.90 Å². The van der Waals surface area contributed by atoms with Crippen LogP contribution in [-0.2, 0) is 9.59 Å². The third-order valence-electron chi connectivity index (χ3n) is 1.68. The topological polar surface area (TPSA) is 37.4 Å². The summed E-state index contributed by atoms with van der Waals surface area (Å²) in [7, 11) is 1.50. The smallest absolute Gasteiger partial charge is 0.244 e. The molecule has 0 aromatic heterocycles. The molecule has 0 saturated carbocycles. The first-order valence-electron chi connectivity index (χ1n) is 2.80. The molecular formula is C6H9NO2. The number of imide groups is 1. The Bertz CT molecular complexity index is 165. The molecule has 0 bridgehead atoms. The van der Waals surface area contributed by atoms with Gasteiger partial charge in [-0.3, -0.25) is 14.5 Å². The van der Waals surface area contributed by atoms with Crippen LogP contribution in [0.3, 0.4) is 0 Å². The molecule has 0 aromatic carbocycles. The summed E-state index contributed by atoms with van der Waals surface area (Å²) >= 11 is 0. The zero-order valence-corrected chi connectivity index (χ0v) is 5.76. The molecule has 50 valence electrons. The molecule has 2 amide bonds. The number of carbonyl (C=O) groups excluding carboxylic acids is 2. The van der Waals surface area contributed by atoms with Crippen molar-refractivity contribution in [3.8, 4) is 0 Å². The largest absolute Gasteiger partial charge is 0.284 e. The summed E-state index contributed by atoms with van der Waals surface area (Å²) in [6.07, 6.45) is 0. The fourth-order valence-corrected chi connectivity index (χ4v) is 0.969. The number of carbonyl (C=O) groups is 2. The number of nitrogens with zero attached hydrogens (tertiary/aromatic N) is 1. The first kappa shape index (κ1) is 6.26. The standard InChI is InChI=1S/C6H9NO2/c1-6(2)4(8)7(3)5(6)9/h1-3H3. The predicted octanol–water partition coefficient (Wildman–Crippen LogP) is 0.0112. The van der Waals surface area contributed by atoms with Gasteiger partial charge < -0.3 is 0 Å². The van der Waals surface area contributed by atoms with Crippen LogP contribution in [-0.4, -0.2) is 23.8 Å². The molecule has 0 N–H and O–H groups in total. The van der Waals surface area contributed by atoms with Crippen LogP contribution in [0.4, 0.5) is 0 Å². The van der Waals surface area contributed by atoms with Crippen LogP contribution in [0.25, 0.3) is 0 Å². The van der Waals surface area contributed by atoms with Gasteiger partial charge in [-0.25, -0.2) is 0 Å². The Morgan fingerprint density at radius 2 is 1.56 bits per heavy atom. The van der Waals surface area contributed by atoms with Crippen molar-refractivity contribution in [3.63, 3.8) is 0 Å². The summed E-state index contributed by atoms with van der Waals surface area (Å²) < 4.78 is 0. The second kappa shape index (κ2) is 1.35. The molecular weight excluding hydrogens is 118 g/mol. The van der Waals surface area contributed by atoms with Crippen LogP contribution < -0.4 is 0 Å². The molecule has 3 heteroatoms. The van der Waals surface area contributed by atoms with E-state index in [-0.39, 0.29) is 11.8 Å². The van der Waals surface area contributed by atoms with Gasteiger partial charge in [-0.15, -0.1) is 0 Å². The molecule has 0 spiro atoms. The summed E-state index contributed by atoms with van der Waals surface area (Å²) in [5.74, 6) is -0.181.